The van der Waals surface area contributed by atoms with Crippen LogP contribution in [0.3, 0.4) is 0 Å². The molecule has 0 aromatic heterocycles. The van der Waals surface area contributed by atoms with Gasteiger partial charge < -0.3 is 25.2 Å². The summed E-state index contributed by atoms with van der Waals surface area (Å²) in [6.07, 6.45) is 1.97. The fraction of sp³-hybridized carbons (Fsp3) is 0.778. The number of imide groups is 1. The van der Waals surface area contributed by atoms with Crippen LogP contribution in [-0.4, -0.2) is 92.1 Å². The summed E-state index contributed by atoms with van der Waals surface area (Å²) in [4.78, 5) is 44.1. The molecule has 3 heterocycles. The zero-order chi connectivity index (χ0) is 20.1. The van der Waals surface area contributed by atoms with Gasteiger partial charge in [0.15, 0.2) is 5.96 Å². The van der Waals surface area contributed by atoms with E-state index in [9.17, 15) is 14.4 Å². The fourth-order valence-electron chi connectivity index (χ4n) is 4.10. The Morgan fingerprint density at radius 1 is 1.21 bits per heavy atom. The van der Waals surface area contributed by atoms with Gasteiger partial charge in [-0.25, -0.2) is 4.79 Å². The standard InChI is InChI=1S/C18H30N6O4/c1-18(15(26)21-17(27)22-18)13-4-7-24(8-5-13)16(19-2)20-6-3-14(25)23-9-11-28-12-10-23/h13H,3-12H2,1-2H3,(H,19,20)(H2,21,22,26,27). The smallest absolute Gasteiger partial charge is 0.322 e. The highest BCUT2D eigenvalue weighted by Crippen LogP contribution is 2.30. The lowest BCUT2D eigenvalue weighted by Gasteiger charge is -2.39. The lowest BCUT2D eigenvalue weighted by molar-refractivity contribution is -0.135. The van der Waals surface area contributed by atoms with E-state index in [1.807, 2.05) is 4.90 Å². The molecule has 3 aliphatic rings. The van der Waals surface area contributed by atoms with Crippen LogP contribution in [0.2, 0.25) is 0 Å². The van der Waals surface area contributed by atoms with Crippen molar-refractivity contribution in [3.05, 3.63) is 0 Å². The van der Waals surface area contributed by atoms with Gasteiger partial charge in [-0.2, -0.15) is 0 Å². The second-order valence-electron chi connectivity index (χ2n) is 7.59. The molecule has 4 amide bonds. The average molecular weight is 394 g/mol. The number of piperidine rings is 1. The van der Waals surface area contributed by atoms with Crippen LogP contribution in [0.5, 0.6) is 0 Å². The van der Waals surface area contributed by atoms with Crippen LogP contribution in [0.1, 0.15) is 26.2 Å². The second kappa shape index (κ2) is 8.76. The maximum absolute atomic E-state index is 12.2. The molecule has 3 fully saturated rings. The molecular formula is C18H30N6O4. The number of rotatable bonds is 4. The summed E-state index contributed by atoms with van der Waals surface area (Å²) in [7, 11) is 1.73. The third kappa shape index (κ3) is 4.37. The number of hydrogen-bond donors (Lipinski definition) is 3. The molecule has 28 heavy (non-hydrogen) atoms. The maximum Gasteiger partial charge on any atom is 0.322 e. The van der Waals surface area contributed by atoms with Crippen molar-refractivity contribution < 1.29 is 19.1 Å². The van der Waals surface area contributed by atoms with Crippen molar-refractivity contribution in [1.82, 2.24) is 25.8 Å². The van der Waals surface area contributed by atoms with Crippen LogP contribution in [0.15, 0.2) is 4.99 Å². The Morgan fingerprint density at radius 2 is 1.89 bits per heavy atom. The zero-order valence-corrected chi connectivity index (χ0v) is 16.6. The van der Waals surface area contributed by atoms with Gasteiger partial charge in [-0.1, -0.05) is 0 Å². The van der Waals surface area contributed by atoms with Crippen LogP contribution in [0.4, 0.5) is 4.79 Å². The van der Waals surface area contributed by atoms with Crippen molar-refractivity contribution in [1.29, 1.82) is 0 Å². The Balaban J connectivity index is 1.44. The fourth-order valence-corrected chi connectivity index (χ4v) is 4.10. The third-order valence-electron chi connectivity index (χ3n) is 5.88. The average Bonchev–Trinajstić information content (AvgIpc) is 2.98. The highest BCUT2D eigenvalue weighted by atomic mass is 16.5. The van der Waals surface area contributed by atoms with Crippen molar-refractivity contribution >= 4 is 23.8 Å². The number of nitrogens with one attached hydrogen (secondary N) is 3. The molecule has 1 unspecified atom stereocenters. The molecule has 3 rings (SSSR count). The van der Waals surface area contributed by atoms with Crippen LogP contribution in [0, 0.1) is 5.92 Å². The first-order valence-electron chi connectivity index (χ1n) is 9.88. The highest BCUT2D eigenvalue weighted by molar-refractivity contribution is 6.07. The van der Waals surface area contributed by atoms with E-state index in [4.69, 9.17) is 4.74 Å². The van der Waals surface area contributed by atoms with E-state index in [1.165, 1.54) is 0 Å². The number of guanidine groups is 1. The molecule has 10 heteroatoms. The molecule has 3 saturated heterocycles. The summed E-state index contributed by atoms with van der Waals surface area (Å²) in [6.45, 7) is 6.31. The first-order valence-corrected chi connectivity index (χ1v) is 9.88. The van der Waals surface area contributed by atoms with Crippen molar-refractivity contribution in [3.63, 3.8) is 0 Å². The van der Waals surface area contributed by atoms with E-state index >= 15 is 0 Å². The molecule has 3 N–H and O–H groups in total. The van der Waals surface area contributed by atoms with Crippen LogP contribution in [0.25, 0.3) is 0 Å². The topological polar surface area (TPSA) is 115 Å². The van der Waals surface area contributed by atoms with E-state index in [1.54, 1.807) is 14.0 Å². The third-order valence-corrected chi connectivity index (χ3v) is 5.88. The molecule has 3 aliphatic heterocycles. The van der Waals surface area contributed by atoms with Gasteiger partial charge in [0, 0.05) is 46.2 Å². The minimum atomic E-state index is -0.843. The Kier molecular flexibility index (Phi) is 6.38. The number of likely N-dealkylation sites (tertiary alicyclic amines) is 1. The molecule has 0 saturated carbocycles. The zero-order valence-electron chi connectivity index (χ0n) is 16.6. The van der Waals surface area contributed by atoms with E-state index in [-0.39, 0.29) is 17.7 Å². The molecule has 0 bridgehead atoms. The monoisotopic (exact) mass is 394 g/mol. The molecule has 0 aromatic rings. The Hall–Kier alpha value is -2.36. The molecule has 0 aromatic carbocycles. The van der Waals surface area contributed by atoms with Crippen molar-refractivity contribution in [3.8, 4) is 0 Å². The van der Waals surface area contributed by atoms with Gasteiger partial charge in [-0.05, 0) is 25.7 Å². The lowest BCUT2D eigenvalue weighted by atomic mass is 9.79. The number of aliphatic imine (C=N–C) groups is 1. The van der Waals surface area contributed by atoms with Crippen LogP contribution >= 0.6 is 0 Å². The van der Waals surface area contributed by atoms with Gasteiger partial charge in [-0.3, -0.25) is 19.9 Å². The summed E-state index contributed by atoms with van der Waals surface area (Å²) < 4.78 is 5.27. The summed E-state index contributed by atoms with van der Waals surface area (Å²) in [5.41, 5.74) is -0.843. The summed E-state index contributed by atoms with van der Waals surface area (Å²) in [5, 5.41) is 8.37. The number of ether oxygens (including phenoxy) is 1. The Labute approximate surface area is 165 Å². The maximum atomic E-state index is 12.2. The molecule has 0 spiro atoms. The molecule has 0 aliphatic carbocycles. The number of amides is 4. The minimum Gasteiger partial charge on any atom is -0.378 e. The van der Waals surface area contributed by atoms with E-state index in [0.717, 1.165) is 31.9 Å². The first-order chi connectivity index (χ1) is 13.4. The Morgan fingerprint density at radius 3 is 2.46 bits per heavy atom. The SMILES string of the molecule is CN=C(NCCC(=O)N1CCOCC1)N1CCC(C2(C)NC(=O)NC2=O)CC1. The predicted molar refractivity (Wildman–Crippen MR) is 103 cm³/mol. The van der Waals surface area contributed by atoms with Gasteiger partial charge >= 0.3 is 6.03 Å². The predicted octanol–water partition coefficient (Wildman–Crippen LogP) is -0.879. The van der Waals surface area contributed by atoms with E-state index in [0.29, 0.717) is 39.3 Å². The van der Waals surface area contributed by atoms with Crippen LogP contribution in [-0.2, 0) is 14.3 Å². The van der Waals surface area contributed by atoms with Crippen molar-refractivity contribution in [2.75, 3.05) is 53.0 Å². The largest absolute Gasteiger partial charge is 0.378 e. The molecule has 156 valence electrons. The van der Waals surface area contributed by atoms with Gasteiger partial charge in [-0.15, -0.1) is 0 Å². The molecule has 0 radical (unpaired) electrons. The number of urea groups is 1. The molecular weight excluding hydrogens is 364 g/mol. The van der Waals surface area contributed by atoms with Crippen molar-refractivity contribution in [2.24, 2.45) is 10.9 Å². The highest BCUT2D eigenvalue weighted by Gasteiger charge is 2.48. The number of morpholine rings is 1. The number of hydrogen-bond acceptors (Lipinski definition) is 5. The van der Waals surface area contributed by atoms with Crippen molar-refractivity contribution in [2.45, 2.75) is 31.7 Å². The molecule has 10 nitrogen and oxygen atoms in total. The number of carbonyl (C=O) groups is 3. The van der Waals surface area contributed by atoms with Crippen LogP contribution < -0.4 is 16.0 Å². The summed E-state index contributed by atoms with van der Waals surface area (Å²) in [5.74, 6) is 0.718. The second-order valence-corrected chi connectivity index (χ2v) is 7.59. The van der Waals surface area contributed by atoms with Gasteiger partial charge in [0.25, 0.3) is 5.91 Å². The normalized spacial score (nSPS) is 26.9. The number of nitrogens with zero attached hydrogens (tertiary/aromatic N) is 3. The molecule has 1 atom stereocenters. The first kappa shape index (κ1) is 20.4. The summed E-state index contributed by atoms with van der Waals surface area (Å²) >= 11 is 0. The minimum absolute atomic E-state index is 0.0798. The number of carbonyl (C=O) groups excluding carboxylic acids is 3. The quantitative estimate of drug-likeness (QED) is 0.324. The van der Waals surface area contributed by atoms with Gasteiger partial charge in [0.05, 0.1) is 13.2 Å². The Bertz CT molecular complexity index is 640. The van der Waals surface area contributed by atoms with E-state index < -0.39 is 11.6 Å². The summed E-state index contributed by atoms with van der Waals surface area (Å²) in [6, 6.07) is -0.419. The van der Waals surface area contributed by atoms with Gasteiger partial charge in [0.2, 0.25) is 5.91 Å². The van der Waals surface area contributed by atoms with Gasteiger partial charge in [0.1, 0.15) is 5.54 Å². The van der Waals surface area contributed by atoms with E-state index in [2.05, 4.69) is 25.8 Å². The lowest BCUT2D eigenvalue weighted by Crippen LogP contribution is -2.55.